The van der Waals surface area contributed by atoms with E-state index >= 15 is 0 Å². The number of phosphoric acid groups is 1. The summed E-state index contributed by atoms with van der Waals surface area (Å²) in [6, 6.07) is 0. The van der Waals surface area contributed by atoms with Crippen molar-refractivity contribution in [1.82, 2.24) is 0 Å². The van der Waals surface area contributed by atoms with Crippen molar-refractivity contribution in [3.8, 4) is 0 Å². The topological polar surface area (TPSA) is 192 Å². The molecule has 6 N–H and O–H groups in total. The lowest BCUT2D eigenvalue weighted by Crippen LogP contribution is -2.64. The lowest BCUT2D eigenvalue weighted by atomic mass is 9.85. The number of aliphatic hydroxyl groups is 5. The summed E-state index contributed by atoms with van der Waals surface area (Å²) in [4.78, 5) is 22.8. The molecule has 0 amide bonds. The van der Waals surface area contributed by atoms with Gasteiger partial charge in [-0.3, -0.25) is 13.8 Å². The number of ether oxygens (including phenoxy) is 2. The maximum Gasteiger partial charge on any atom is 0.472 e. The lowest BCUT2D eigenvalue weighted by molar-refractivity contribution is -0.220. The molecule has 13 heteroatoms. The van der Waals surface area contributed by atoms with Crippen LogP contribution in [0.15, 0.2) is 0 Å². The van der Waals surface area contributed by atoms with Crippen LogP contribution < -0.4 is 0 Å². The molecule has 0 aliphatic heterocycles. The summed E-state index contributed by atoms with van der Waals surface area (Å²) >= 11 is 0. The predicted molar refractivity (Wildman–Crippen MR) is 170 cm³/mol. The first kappa shape index (κ1) is 42.4. The highest BCUT2D eigenvalue weighted by atomic mass is 31.2. The van der Waals surface area contributed by atoms with Gasteiger partial charge in [0, 0.05) is 13.0 Å². The van der Waals surface area contributed by atoms with E-state index in [1.54, 1.807) is 0 Å². The maximum atomic E-state index is 12.7. The SMILES string of the molecule is CCCCCCCCCCCOCC(COP(=O)(O)OC1C(O)C(O)C(O)C(O)C1O)OC(=O)CCCCCCCCCCC. The first-order chi connectivity index (χ1) is 21.5. The molecule has 1 aliphatic rings. The molecular formula is C32H63O12P. The number of aliphatic hydroxyl groups excluding tert-OH is 5. The highest BCUT2D eigenvalue weighted by Gasteiger charge is 2.51. The summed E-state index contributed by atoms with van der Waals surface area (Å²) in [7, 11) is -4.99. The largest absolute Gasteiger partial charge is 0.472 e. The van der Waals surface area contributed by atoms with Gasteiger partial charge in [0.1, 0.15) is 42.7 Å². The van der Waals surface area contributed by atoms with Crippen molar-refractivity contribution in [3.63, 3.8) is 0 Å². The van der Waals surface area contributed by atoms with E-state index in [1.165, 1.54) is 70.6 Å². The third-order valence-electron chi connectivity index (χ3n) is 8.23. The molecule has 1 rings (SSSR count). The third-order valence-corrected chi connectivity index (χ3v) is 9.22. The number of phosphoric ester groups is 1. The van der Waals surface area contributed by atoms with Crippen LogP contribution in [0.5, 0.6) is 0 Å². The minimum atomic E-state index is -4.99. The van der Waals surface area contributed by atoms with Gasteiger partial charge in [0.05, 0.1) is 13.2 Å². The van der Waals surface area contributed by atoms with Gasteiger partial charge >= 0.3 is 13.8 Å². The quantitative estimate of drug-likeness (QED) is 0.0383. The van der Waals surface area contributed by atoms with Gasteiger partial charge in [-0.05, 0) is 12.8 Å². The Morgan fingerprint density at radius 1 is 0.622 bits per heavy atom. The monoisotopic (exact) mass is 670 g/mol. The molecule has 0 bridgehead atoms. The average Bonchev–Trinajstić information content (AvgIpc) is 3.01. The summed E-state index contributed by atoms with van der Waals surface area (Å²) in [6.07, 6.45) is 7.83. The van der Waals surface area contributed by atoms with Crippen LogP contribution >= 0.6 is 7.82 Å². The van der Waals surface area contributed by atoms with Crippen molar-refractivity contribution >= 4 is 13.8 Å². The Balaban J connectivity index is 2.53. The molecule has 0 saturated heterocycles. The van der Waals surface area contributed by atoms with Crippen LogP contribution in [0.3, 0.4) is 0 Å². The number of hydrogen-bond acceptors (Lipinski definition) is 11. The van der Waals surface area contributed by atoms with Gasteiger partial charge < -0.3 is 39.9 Å². The summed E-state index contributed by atoms with van der Waals surface area (Å²) < 4.78 is 33.7. The van der Waals surface area contributed by atoms with E-state index < -0.39 is 63.1 Å². The van der Waals surface area contributed by atoms with Crippen LogP contribution in [0.2, 0.25) is 0 Å². The zero-order valence-corrected chi connectivity index (χ0v) is 28.6. The van der Waals surface area contributed by atoms with Gasteiger partial charge in [0.15, 0.2) is 0 Å². The lowest BCUT2D eigenvalue weighted by Gasteiger charge is -2.41. The minimum absolute atomic E-state index is 0.0706. The number of rotatable bonds is 28. The first-order valence-electron chi connectivity index (χ1n) is 17.4. The highest BCUT2D eigenvalue weighted by Crippen LogP contribution is 2.47. The molecule has 1 fully saturated rings. The van der Waals surface area contributed by atoms with Gasteiger partial charge in [0.2, 0.25) is 0 Å². The average molecular weight is 671 g/mol. The molecule has 0 aromatic carbocycles. The highest BCUT2D eigenvalue weighted by molar-refractivity contribution is 7.47. The van der Waals surface area contributed by atoms with E-state index in [0.717, 1.165) is 38.5 Å². The Morgan fingerprint density at radius 2 is 1.04 bits per heavy atom. The van der Waals surface area contributed by atoms with E-state index in [-0.39, 0.29) is 13.0 Å². The third kappa shape index (κ3) is 19.1. The van der Waals surface area contributed by atoms with Gasteiger partial charge in [-0.15, -0.1) is 0 Å². The molecule has 12 nitrogen and oxygen atoms in total. The molecule has 1 saturated carbocycles. The molecule has 0 radical (unpaired) electrons. The number of carbonyl (C=O) groups excluding carboxylic acids is 1. The molecule has 0 spiro atoms. The Hall–Kier alpha value is -0.660. The summed E-state index contributed by atoms with van der Waals surface area (Å²) in [5.74, 6) is -0.481. The van der Waals surface area contributed by atoms with Crippen LogP contribution in [0.4, 0.5) is 0 Å². The fourth-order valence-corrected chi connectivity index (χ4v) is 6.33. The molecule has 0 aromatic heterocycles. The number of esters is 1. The van der Waals surface area contributed by atoms with E-state index in [0.29, 0.717) is 13.0 Å². The summed E-state index contributed by atoms with van der Waals surface area (Å²) in [5.41, 5.74) is 0. The molecule has 1 aliphatic carbocycles. The molecule has 6 atom stereocenters. The van der Waals surface area contributed by atoms with Crippen LogP contribution in [-0.4, -0.2) is 98.9 Å². The second kappa shape index (κ2) is 25.4. The molecular weight excluding hydrogens is 607 g/mol. The molecule has 6 unspecified atom stereocenters. The van der Waals surface area contributed by atoms with Gasteiger partial charge in [0.25, 0.3) is 0 Å². The van der Waals surface area contributed by atoms with Crippen LogP contribution in [0.1, 0.15) is 136 Å². The van der Waals surface area contributed by atoms with E-state index in [1.807, 2.05) is 0 Å². The van der Waals surface area contributed by atoms with E-state index in [9.17, 15) is 39.8 Å². The van der Waals surface area contributed by atoms with Gasteiger partial charge in [-0.1, -0.05) is 117 Å². The second-order valence-corrected chi connectivity index (χ2v) is 13.8. The molecule has 45 heavy (non-hydrogen) atoms. The van der Waals surface area contributed by atoms with E-state index in [2.05, 4.69) is 13.8 Å². The Kier molecular flexibility index (Phi) is 23.9. The number of carbonyl (C=O) groups is 1. The van der Waals surface area contributed by atoms with Crippen molar-refractivity contribution in [3.05, 3.63) is 0 Å². The minimum Gasteiger partial charge on any atom is -0.457 e. The predicted octanol–water partition coefficient (Wildman–Crippen LogP) is 4.69. The molecule has 0 heterocycles. The van der Waals surface area contributed by atoms with Crippen LogP contribution in [-0.2, 0) is 27.9 Å². The number of hydrogen-bond donors (Lipinski definition) is 6. The van der Waals surface area contributed by atoms with Gasteiger partial charge in [-0.25, -0.2) is 4.57 Å². The van der Waals surface area contributed by atoms with Crippen molar-refractivity contribution in [1.29, 1.82) is 0 Å². The Bertz CT molecular complexity index is 771. The fourth-order valence-electron chi connectivity index (χ4n) is 5.35. The Morgan fingerprint density at radius 3 is 1.53 bits per heavy atom. The van der Waals surface area contributed by atoms with Crippen LogP contribution in [0.25, 0.3) is 0 Å². The normalized spacial score (nSPS) is 25.6. The zero-order chi connectivity index (χ0) is 33.5. The van der Waals surface area contributed by atoms with E-state index in [4.69, 9.17) is 18.5 Å². The van der Waals surface area contributed by atoms with Crippen molar-refractivity contribution in [2.24, 2.45) is 0 Å². The summed E-state index contributed by atoms with van der Waals surface area (Å²) in [5, 5.41) is 49.7. The summed E-state index contributed by atoms with van der Waals surface area (Å²) in [6.45, 7) is 4.17. The zero-order valence-electron chi connectivity index (χ0n) is 27.7. The first-order valence-corrected chi connectivity index (χ1v) is 18.9. The van der Waals surface area contributed by atoms with Crippen molar-refractivity contribution in [2.75, 3.05) is 19.8 Å². The van der Waals surface area contributed by atoms with Crippen molar-refractivity contribution < 1.29 is 58.3 Å². The molecule has 268 valence electrons. The smallest absolute Gasteiger partial charge is 0.457 e. The number of unbranched alkanes of at least 4 members (excludes halogenated alkanes) is 16. The second-order valence-electron chi connectivity index (χ2n) is 12.4. The maximum absolute atomic E-state index is 12.7. The van der Waals surface area contributed by atoms with Gasteiger partial charge in [-0.2, -0.15) is 0 Å². The Labute approximate surface area is 270 Å². The van der Waals surface area contributed by atoms with Crippen molar-refractivity contribution in [2.45, 2.75) is 179 Å². The van der Waals surface area contributed by atoms with Crippen LogP contribution in [0, 0.1) is 0 Å². The molecule has 0 aromatic rings. The fraction of sp³-hybridized carbons (Fsp3) is 0.969. The standard InChI is InChI=1S/C32H63O12P/c1-3-5-7-9-11-13-15-17-19-21-26(33)43-25(23-41-22-20-18-16-14-12-10-8-6-4-2)24-42-45(39,40)44-32-30(37)28(35)27(34)29(36)31(32)38/h25,27-32,34-38H,3-24H2,1-2H3,(H,39,40).